The second-order valence-electron chi connectivity index (χ2n) is 5.45. The van der Waals surface area contributed by atoms with Crippen molar-refractivity contribution < 1.29 is 19.4 Å². The molecule has 5 heteroatoms. The van der Waals surface area contributed by atoms with E-state index in [0.717, 1.165) is 4.90 Å². The van der Waals surface area contributed by atoms with Gasteiger partial charge < -0.3 is 9.84 Å². The molecule has 0 bridgehead atoms. The number of hydrogen-bond donors (Lipinski definition) is 1. The van der Waals surface area contributed by atoms with Gasteiger partial charge in [0.25, 0.3) is 0 Å². The van der Waals surface area contributed by atoms with Gasteiger partial charge in [-0.05, 0) is 32.9 Å². The van der Waals surface area contributed by atoms with Crippen LogP contribution in [-0.4, -0.2) is 28.8 Å². The number of rotatable bonds is 4. The van der Waals surface area contributed by atoms with Crippen LogP contribution in [0.15, 0.2) is 30.3 Å². The Hall–Kier alpha value is -2.48. The van der Waals surface area contributed by atoms with Crippen LogP contribution in [0.25, 0.3) is 0 Å². The van der Waals surface area contributed by atoms with E-state index in [1.165, 1.54) is 0 Å². The molecule has 1 amide bonds. The third-order valence-electron chi connectivity index (χ3n) is 2.53. The molecule has 1 aromatic carbocycles. The van der Waals surface area contributed by atoms with Gasteiger partial charge in [-0.15, -0.1) is 12.3 Å². The van der Waals surface area contributed by atoms with Crippen molar-refractivity contribution in [3.05, 3.63) is 30.3 Å². The molecule has 0 aromatic heterocycles. The number of carbonyl (C=O) groups is 2. The van der Waals surface area contributed by atoms with E-state index in [1.807, 2.05) is 0 Å². The number of ether oxygens (including phenoxy) is 1. The van der Waals surface area contributed by atoms with Crippen LogP contribution in [0.5, 0.6) is 0 Å². The van der Waals surface area contributed by atoms with Crippen molar-refractivity contribution in [1.29, 1.82) is 0 Å². The molecule has 5 nitrogen and oxygen atoms in total. The van der Waals surface area contributed by atoms with E-state index in [9.17, 15) is 14.7 Å². The highest BCUT2D eigenvalue weighted by Crippen LogP contribution is 2.22. The average Bonchev–Trinajstić information content (AvgIpc) is 2.37. The first kappa shape index (κ1) is 16.6. The SMILES string of the molecule is C#CCC(C(=O)O)N(C(=O)OC(C)(C)C)c1ccccc1. The molecular formula is C16H19NO4. The molecule has 0 aliphatic heterocycles. The molecule has 0 fully saturated rings. The highest BCUT2D eigenvalue weighted by molar-refractivity contribution is 5.95. The van der Waals surface area contributed by atoms with Gasteiger partial charge in [0.05, 0.1) is 0 Å². The number of carboxylic acids is 1. The van der Waals surface area contributed by atoms with Gasteiger partial charge in [0, 0.05) is 12.1 Å². The fourth-order valence-corrected chi connectivity index (χ4v) is 1.71. The number of benzene rings is 1. The Morgan fingerprint density at radius 1 is 1.33 bits per heavy atom. The molecule has 0 radical (unpaired) electrons. The van der Waals surface area contributed by atoms with E-state index in [1.54, 1.807) is 51.1 Å². The quantitative estimate of drug-likeness (QED) is 0.865. The molecule has 1 unspecified atom stereocenters. The van der Waals surface area contributed by atoms with E-state index in [0.29, 0.717) is 5.69 Å². The van der Waals surface area contributed by atoms with Gasteiger partial charge in [-0.2, -0.15) is 0 Å². The number of carboxylic acid groups (broad SMARTS) is 1. The minimum absolute atomic E-state index is 0.108. The van der Waals surface area contributed by atoms with Gasteiger partial charge in [0.1, 0.15) is 11.6 Å². The second kappa shape index (κ2) is 6.80. The van der Waals surface area contributed by atoms with Crippen LogP contribution in [-0.2, 0) is 9.53 Å². The lowest BCUT2D eigenvalue weighted by Gasteiger charge is -2.30. The highest BCUT2D eigenvalue weighted by Gasteiger charge is 2.33. The molecule has 1 aromatic rings. The van der Waals surface area contributed by atoms with Crippen molar-refractivity contribution in [2.45, 2.75) is 38.8 Å². The minimum atomic E-state index is -1.18. The van der Waals surface area contributed by atoms with Crippen LogP contribution < -0.4 is 4.90 Å². The predicted octanol–water partition coefficient (Wildman–Crippen LogP) is 2.90. The molecule has 0 aliphatic rings. The first-order chi connectivity index (χ1) is 9.76. The third-order valence-corrected chi connectivity index (χ3v) is 2.53. The number of carbonyl (C=O) groups excluding carboxylic acids is 1. The Balaban J connectivity index is 3.20. The molecule has 0 saturated carbocycles. The van der Waals surface area contributed by atoms with E-state index < -0.39 is 23.7 Å². The molecule has 112 valence electrons. The maximum absolute atomic E-state index is 12.4. The van der Waals surface area contributed by atoms with Crippen LogP contribution in [0.3, 0.4) is 0 Å². The highest BCUT2D eigenvalue weighted by atomic mass is 16.6. The number of amides is 1. The van der Waals surface area contributed by atoms with E-state index in [2.05, 4.69) is 5.92 Å². The van der Waals surface area contributed by atoms with Gasteiger partial charge in [-0.1, -0.05) is 18.2 Å². The number of aliphatic carboxylic acids is 1. The summed E-state index contributed by atoms with van der Waals surface area (Å²) in [6, 6.07) is 7.29. The molecule has 21 heavy (non-hydrogen) atoms. The summed E-state index contributed by atoms with van der Waals surface area (Å²) in [6.07, 6.45) is 4.37. The van der Waals surface area contributed by atoms with Crippen LogP contribution in [0.1, 0.15) is 27.2 Å². The Bertz CT molecular complexity index is 540. The monoisotopic (exact) mass is 289 g/mol. The van der Waals surface area contributed by atoms with E-state index in [4.69, 9.17) is 11.2 Å². The zero-order valence-electron chi connectivity index (χ0n) is 12.4. The van der Waals surface area contributed by atoms with Crippen molar-refractivity contribution in [2.24, 2.45) is 0 Å². The molecule has 0 saturated heterocycles. The summed E-state index contributed by atoms with van der Waals surface area (Å²) in [7, 11) is 0. The lowest BCUT2D eigenvalue weighted by atomic mass is 10.1. The number of anilines is 1. The van der Waals surface area contributed by atoms with Crippen LogP contribution in [0.4, 0.5) is 10.5 Å². The van der Waals surface area contributed by atoms with Crippen LogP contribution in [0, 0.1) is 12.3 Å². The van der Waals surface area contributed by atoms with Crippen molar-refractivity contribution in [2.75, 3.05) is 4.90 Å². The predicted molar refractivity (Wildman–Crippen MR) is 80.0 cm³/mol. The summed E-state index contributed by atoms with van der Waals surface area (Å²) < 4.78 is 5.29. The van der Waals surface area contributed by atoms with E-state index >= 15 is 0 Å². The summed E-state index contributed by atoms with van der Waals surface area (Å²) in [6.45, 7) is 5.14. The molecule has 0 spiro atoms. The summed E-state index contributed by atoms with van der Waals surface area (Å²) in [5.74, 6) is 1.11. The molecule has 1 N–H and O–H groups in total. The Labute approximate surface area is 124 Å². The minimum Gasteiger partial charge on any atom is -0.480 e. The molecule has 0 heterocycles. The molecule has 0 aliphatic carbocycles. The van der Waals surface area contributed by atoms with Crippen molar-refractivity contribution in [3.63, 3.8) is 0 Å². The zero-order chi connectivity index (χ0) is 16.0. The lowest BCUT2D eigenvalue weighted by Crippen LogP contribution is -2.47. The van der Waals surface area contributed by atoms with E-state index in [-0.39, 0.29) is 6.42 Å². The molecule has 1 rings (SSSR count). The number of para-hydroxylation sites is 1. The fourth-order valence-electron chi connectivity index (χ4n) is 1.71. The van der Waals surface area contributed by atoms with Crippen molar-refractivity contribution in [1.82, 2.24) is 0 Å². The van der Waals surface area contributed by atoms with Gasteiger partial charge in [0.15, 0.2) is 0 Å². The maximum atomic E-state index is 12.4. The van der Waals surface area contributed by atoms with Crippen LogP contribution >= 0.6 is 0 Å². The Morgan fingerprint density at radius 3 is 2.33 bits per heavy atom. The van der Waals surface area contributed by atoms with Crippen molar-refractivity contribution >= 4 is 17.7 Å². The number of terminal acetylenes is 1. The summed E-state index contributed by atoms with van der Waals surface area (Å²) in [4.78, 5) is 24.9. The van der Waals surface area contributed by atoms with Crippen LogP contribution in [0.2, 0.25) is 0 Å². The maximum Gasteiger partial charge on any atom is 0.415 e. The summed E-state index contributed by atoms with van der Waals surface area (Å²) >= 11 is 0. The fraction of sp³-hybridized carbons (Fsp3) is 0.375. The molecule has 1 atom stereocenters. The zero-order valence-corrected chi connectivity index (χ0v) is 12.4. The first-order valence-electron chi connectivity index (χ1n) is 6.50. The normalized spacial score (nSPS) is 12.1. The second-order valence-corrected chi connectivity index (χ2v) is 5.45. The third kappa shape index (κ3) is 4.84. The summed E-state index contributed by atoms with van der Waals surface area (Å²) in [5.41, 5.74) is -0.307. The largest absolute Gasteiger partial charge is 0.480 e. The first-order valence-corrected chi connectivity index (χ1v) is 6.50. The van der Waals surface area contributed by atoms with Gasteiger partial charge >= 0.3 is 12.1 Å². The average molecular weight is 289 g/mol. The number of nitrogens with zero attached hydrogens (tertiary/aromatic N) is 1. The summed E-state index contributed by atoms with van der Waals surface area (Å²) in [5, 5.41) is 9.34. The van der Waals surface area contributed by atoms with Crippen molar-refractivity contribution in [3.8, 4) is 12.3 Å². The van der Waals surface area contributed by atoms with Gasteiger partial charge in [-0.3, -0.25) is 4.90 Å². The molecular weight excluding hydrogens is 270 g/mol. The Morgan fingerprint density at radius 2 is 1.90 bits per heavy atom. The lowest BCUT2D eigenvalue weighted by molar-refractivity contribution is -0.138. The Kier molecular flexibility index (Phi) is 5.37. The number of hydrogen-bond acceptors (Lipinski definition) is 3. The van der Waals surface area contributed by atoms with Gasteiger partial charge in [0.2, 0.25) is 0 Å². The van der Waals surface area contributed by atoms with Gasteiger partial charge in [-0.25, -0.2) is 9.59 Å². The standard InChI is InChI=1S/C16H19NO4/c1-5-9-13(14(18)19)17(12-10-7-6-8-11-12)15(20)21-16(2,3)4/h1,6-8,10-11,13H,9H2,2-4H3,(H,18,19). The topological polar surface area (TPSA) is 66.8 Å². The smallest absolute Gasteiger partial charge is 0.415 e.